The molecule has 0 spiro atoms. The van der Waals surface area contributed by atoms with Gasteiger partial charge in [0, 0.05) is 24.2 Å². The first-order chi connectivity index (χ1) is 8.63. The van der Waals surface area contributed by atoms with Crippen molar-refractivity contribution in [1.29, 1.82) is 0 Å². The van der Waals surface area contributed by atoms with E-state index in [0.717, 1.165) is 0 Å². The third-order valence-corrected chi connectivity index (χ3v) is 4.94. The number of amides is 1. The highest BCUT2D eigenvalue weighted by atomic mass is 16.2. The summed E-state index contributed by atoms with van der Waals surface area (Å²) >= 11 is 0. The van der Waals surface area contributed by atoms with Crippen molar-refractivity contribution in [2.24, 2.45) is 0 Å². The molecule has 4 heteroatoms. The minimum atomic E-state index is 0.00750. The van der Waals surface area contributed by atoms with Crippen molar-refractivity contribution < 1.29 is 4.79 Å². The summed E-state index contributed by atoms with van der Waals surface area (Å²) in [5, 5.41) is 6.77. The molecular weight excluding hydrogens is 226 g/mol. The molecule has 1 amide bonds. The molecule has 3 fully saturated rings. The van der Waals surface area contributed by atoms with Crippen molar-refractivity contribution in [2.45, 2.75) is 75.7 Å². The normalized spacial score (nSPS) is 36.7. The fourth-order valence-electron chi connectivity index (χ4n) is 3.41. The first kappa shape index (κ1) is 12.4. The largest absolute Gasteiger partial charge is 0.352 e. The van der Waals surface area contributed by atoms with Crippen LogP contribution in [0, 0.1) is 0 Å². The molecule has 18 heavy (non-hydrogen) atoms. The SMILES string of the molecule is CC(C(=O)NC1CC1)N(C)C1CC2CCC(C1)N2. The predicted octanol–water partition coefficient (Wildman–Crippen LogP) is 0.868. The molecule has 0 aromatic heterocycles. The van der Waals surface area contributed by atoms with Gasteiger partial charge < -0.3 is 10.6 Å². The average molecular weight is 251 g/mol. The van der Waals surface area contributed by atoms with Crippen molar-refractivity contribution >= 4 is 5.91 Å². The van der Waals surface area contributed by atoms with Gasteiger partial charge in [-0.3, -0.25) is 9.69 Å². The number of likely N-dealkylation sites (N-methyl/N-ethyl adjacent to an activating group) is 1. The Morgan fingerprint density at radius 2 is 1.83 bits per heavy atom. The molecule has 2 heterocycles. The van der Waals surface area contributed by atoms with E-state index in [0.29, 0.717) is 24.2 Å². The molecule has 3 atom stereocenters. The molecule has 2 bridgehead atoms. The Morgan fingerprint density at radius 1 is 1.22 bits per heavy atom. The van der Waals surface area contributed by atoms with Crippen molar-refractivity contribution in [3.8, 4) is 0 Å². The second kappa shape index (κ2) is 4.82. The van der Waals surface area contributed by atoms with Gasteiger partial charge in [-0.2, -0.15) is 0 Å². The zero-order valence-corrected chi connectivity index (χ0v) is 11.5. The highest BCUT2D eigenvalue weighted by Crippen LogP contribution is 2.30. The van der Waals surface area contributed by atoms with E-state index in [1.165, 1.54) is 38.5 Å². The molecule has 1 saturated carbocycles. The molecule has 2 N–H and O–H groups in total. The number of nitrogens with zero attached hydrogens (tertiary/aromatic N) is 1. The molecule has 0 aromatic rings. The van der Waals surface area contributed by atoms with Crippen LogP contribution in [0.3, 0.4) is 0 Å². The Bertz CT molecular complexity index is 317. The molecule has 1 aliphatic carbocycles. The first-order valence-electron chi connectivity index (χ1n) is 7.42. The van der Waals surface area contributed by atoms with E-state index in [1.807, 2.05) is 6.92 Å². The van der Waals surface area contributed by atoms with Gasteiger partial charge in [0.1, 0.15) is 0 Å². The van der Waals surface area contributed by atoms with Crippen LogP contribution in [0.15, 0.2) is 0 Å². The molecule has 3 unspecified atom stereocenters. The summed E-state index contributed by atoms with van der Waals surface area (Å²) in [6.45, 7) is 2.04. The maximum Gasteiger partial charge on any atom is 0.237 e. The molecule has 0 aromatic carbocycles. The van der Waals surface area contributed by atoms with Crippen LogP contribution in [0.25, 0.3) is 0 Å². The summed E-state index contributed by atoms with van der Waals surface area (Å²) in [4.78, 5) is 14.4. The average Bonchev–Trinajstić information content (AvgIpc) is 3.12. The van der Waals surface area contributed by atoms with E-state index in [2.05, 4.69) is 22.6 Å². The van der Waals surface area contributed by atoms with E-state index in [4.69, 9.17) is 0 Å². The summed E-state index contributed by atoms with van der Waals surface area (Å²) in [5.74, 6) is 0.214. The van der Waals surface area contributed by atoms with Crippen LogP contribution in [-0.2, 0) is 4.79 Å². The van der Waals surface area contributed by atoms with Crippen molar-refractivity contribution in [3.05, 3.63) is 0 Å². The standard InChI is InChI=1S/C14H25N3O/c1-9(14(18)16-10-3-4-10)17(2)13-7-11-5-6-12(8-13)15-11/h9-13,15H,3-8H2,1-2H3,(H,16,18). The van der Waals surface area contributed by atoms with E-state index in [9.17, 15) is 4.79 Å². The third-order valence-electron chi connectivity index (χ3n) is 4.94. The molecule has 102 valence electrons. The number of hydrogen-bond donors (Lipinski definition) is 2. The molecule has 4 nitrogen and oxygen atoms in total. The van der Waals surface area contributed by atoms with Crippen LogP contribution in [0.5, 0.6) is 0 Å². The van der Waals surface area contributed by atoms with E-state index in [1.54, 1.807) is 0 Å². The van der Waals surface area contributed by atoms with Crippen molar-refractivity contribution in [1.82, 2.24) is 15.5 Å². The Balaban J connectivity index is 1.55. The lowest BCUT2D eigenvalue weighted by molar-refractivity contribution is -0.126. The quantitative estimate of drug-likeness (QED) is 0.779. The van der Waals surface area contributed by atoms with Gasteiger partial charge >= 0.3 is 0 Å². The summed E-state index contributed by atoms with van der Waals surface area (Å²) < 4.78 is 0. The van der Waals surface area contributed by atoms with Crippen LogP contribution in [0.1, 0.15) is 45.4 Å². The Labute approximate surface area is 109 Å². The van der Waals surface area contributed by atoms with E-state index >= 15 is 0 Å². The third kappa shape index (κ3) is 2.54. The van der Waals surface area contributed by atoms with Crippen molar-refractivity contribution in [3.63, 3.8) is 0 Å². The number of rotatable bonds is 4. The van der Waals surface area contributed by atoms with Crippen molar-refractivity contribution in [2.75, 3.05) is 7.05 Å². The second-order valence-electron chi connectivity index (χ2n) is 6.39. The summed E-state index contributed by atoms with van der Waals surface area (Å²) in [7, 11) is 2.12. The minimum absolute atomic E-state index is 0.00750. The fourth-order valence-corrected chi connectivity index (χ4v) is 3.41. The highest BCUT2D eigenvalue weighted by molar-refractivity contribution is 5.81. The van der Waals surface area contributed by atoms with Gasteiger partial charge in [0.2, 0.25) is 5.91 Å². The van der Waals surface area contributed by atoms with Crippen LogP contribution >= 0.6 is 0 Å². The fraction of sp³-hybridized carbons (Fsp3) is 0.929. The summed E-state index contributed by atoms with van der Waals surface area (Å²) in [5.41, 5.74) is 0. The Kier molecular flexibility index (Phi) is 3.32. The zero-order valence-electron chi connectivity index (χ0n) is 11.5. The number of carbonyl (C=O) groups excluding carboxylic acids is 1. The van der Waals surface area contributed by atoms with E-state index < -0.39 is 0 Å². The van der Waals surface area contributed by atoms with Crippen LogP contribution < -0.4 is 10.6 Å². The minimum Gasteiger partial charge on any atom is -0.352 e. The second-order valence-corrected chi connectivity index (χ2v) is 6.39. The number of piperidine rings is 1. The molecule has 3 rings (SSSR count). The molecular formula is C14H25N3O. The van der Waals surface area contributed by atoms with E-state index in [-0.39, 0.29) is 11.9 Å². The lowest BCUT2D eigenvalue weighted by Gasteiger charge is -2.38. The molecule has 0 radical (unpaired) electrons. The number of nitrogens with one attached hydrogen (secondary N) is 2. The van der Waals surface area contributed by atoms with Gasteiger partial charge in [-0.1, -0.05) is 0 Å². The van der Waals surface area contributed by atoms with Crippen LogP contribution in [0.4, 0.5) is 0 Å². The maximum absolute atomic E-state index is 12.1. The van der Waals surface area contributed by atoms with Gasteiger partial charge in [-0.05, 0) is 52.5 Å². The number of carbonyl (C=O) groups is 1. The lowest BCUT2D eigenvalue weighted by Crippen LogP contribution is -2.53. The summed E-state index contributed by atoms with van der Waals surface area (Å²) in [6.07, 6.45) is 7.37. The molecule has 3 aliphatic rings. The predicted molar refractivity (Wildman–Crippen MR) is 71.4 cm³/mol. The highest BCUT2D eigenvalue weighted by Gasteiger charge is 2.37. The van der Waals surface area contributed by atoms with Gasteiger partial charge in [0.25, 0.3) is 0 Å². The van der Waals surface area contributed by atoms with Gasteiger partial charge in [0.15, 0.2) is 0 Å². The van der Waals surface area contributed by atoms with Crippen LogP contribution in [0.2, 0.25) is 0 Å². The topological polar surface area (TPSA) is 44.4 Å². The van der Waals surface area contributed by atoms with Crippen LogP contribution in [-0.4, -0.2) is 48.1 Å². The number of fused-ring (bicyclic) bond motifs is 2. The summed E-state index contributed by atoms with van der Waals surface area (Å²) in [6, 6.07) is 2.43. The number of hydrogen-bond acceptors (Lipinski definition) is 3. The smallest absolute Gasteiger partial charge is 0.237 e. The van der Waals surface area contributed by atoms with Gasteiger partial charge in [0.05, 0.1) is 6.04 Å². The van der Waals surface area contributed by atoms with Gasteiger partial charge in [-0.25, -0.2) is 0 Å². The Hall–Kier alpha value is -0.610. The van der Waals surface area contributed by atoms with Gasteiger partial charge in [-0.15, -0.1) is 0 Å². The molecule has 2 aliphatic heterocycles. The monoisotopic (exact) mass is 251 g/mol. The zero-order chi connectivity index (χ0) is 12.7. The lowest BCUT2D eigenvalue weighted by atomic mass is 9.97. The Morgan fingerprint density at radius 3 is 2.39 bits per heavy atom. The first-order valence-corrected chi connectivity index (χ1v) is 7.42. The maximum atomic E-state index is 12.1. The molecule has 2 saturated heterocycles.